The largest absolute Gasteiger partial charge is 0.508 e. The van der Waals surface area contributed by atoms with Crippen molar-refractivity contribution in [2.24, 2.45) is 0 Å². The van der Waals surface area contributed by atoms with E-state index < -0.39 is 0 Å². The van der Waals surface area contributed by atoms with Gasteiger partial charge in [0.05, 0.1) is 7.11 Å². The maximum Gasteiger partial charge on any atom is 0.120 e. The van der Waals surface area contributed by atoms with Crippen LogP contribution >= 0.6 is 0 Å². The summed E-state index contributed by atoms with van der Waals surface area (Å²) in [6.07, 6.45) is 4.95. The molecule has 0 amide bonds. The Kier molecular flexibility index (Phi) is 10.9. The molecule has 4 rings (SSSR count). The van der Waals surface area contributed by atoms with Gasteiger partial charge in [-0.15, -0.1) is 0 Å². The van der Waals surface area contributed by atoms with Gasteiger partial charge in [0.25, 0.3) is 0 Å². The molecule has 0 radical (unpaired) electrons. The van der Waals surface area contributed by atoms with Crippen LogP contribution in [0.5, 0.6) is 17.2 Å². The molecule has 0 saturated carbocycles. The maximum absolute atomic E-state index is 9.86. The van der Waals surface area contributed by atoms with Crippen LogP contribution in [0.1, 0.15) is 54.9 Å². The van der Waals surface area contributed by atoms with Gasteiger partial charge in [-0.05, 0) is 111 Å². The van der Waals surface area contributed by atoms with Gasteiger partial charge in [0.15, 0.2) is 0 Å². The molecule has 0 heterocycles. The highest BCUT2D eigenvalue weighted by Gasteiger charge is 2.23. The number of hydrogen-bond acceptors (Lipinski definition) is 6. The van der Waals surface area contributed by atoms with E-state index in [1.54, 1.807) is 13.2 Å². The van der Waals surface area contributed by atoms with Crippen LogP contribution in [0.4, 0.5) is 5.69 Å². The summed E-state index contributed by atoms with van der Waals surface area (Å²) in [5, 5.41) is 17.0. The second-order valence-corrected chi connectivity index (χ2v) is 10.4. The van der Waals surface area contributed by atoms with Crippen molar-refractivity contribution in [3.05, 3.63) is 82.9 Å². The minimum Gasteiger partial charge on any atom is -0.508 e. The number of rotatable bonds is 15. The van der Waals surface area contributed by atoms with Crippen LogP contribution in [0.3, 0.4) is 0 Å². The number of aromatic hydroxyl groups is 1. The average Bonchev–Trinajstić information content (AvgIpc) is 2.95. The molecule has 1 aliphatic carbocycles. The van der Waals surface area contributed by atoms with Gasteiger partial charge in [-0.1, -0.05) is 24.3 Å². The summed E-state index contributed by atoms with van der Waals surface area (Å²) in [6, 6.07) is 20.9. The first-order chi connectivity index (χ1) is 19.1. The van der Waals surface area contributed by atoms with Crippen molar-refractivity contribution in [1.82, 2.24) is 5.32 Å². The van der Waals surface area contributed by atoms with Gasteiger partial charge in [-0.25, -0.2) is 0 Å². The zero-order valence-electron chi connectivity index (χ0n) is 23.7. The first kappa shape index (κ1) is 28.8. The lowest BCUT2D eigenvalue weighted by atomic mass is 9.79. The molecule has 0 saturated heterocycles. The van der Waals surface area contributed by atoms with E-state index >= 15 is 0 Å². The third kappa shape index (κ3) is 8.64. The van der Waals surface area contributed by atoms with Gasteiger partial charge in [0.1, 0.15) is 23.9 Å². The summed E-state index contributed by atoms with van der Waals surface area (Å²) in [5.41, 5.74) is 6.34. The average molecular weight is 533 g/mol. The summed E-state index contributed by atoms with van der Waals surface area (Å²) in [4.78, 5) is 0. The standard InChI is InChI=1S/C33H44N2O4/c1-4-38-18-5-16-34-17-19-39-30-12-6-25(7-13-30)20-24(2)35-33-23-31(37-3)14-15-32(33)28-9-8-27-22-29(36)11-10-26(27)21-28/h6-7,10-15,22-24,28,34-36H,4-5,8-9,16-21H2,1-3H3. The second kappa shape index (κ2) is 14.8. The SMILES string of the molecule is CCOCCCNCCOc1ccc(CC(C)Nc2cc(OC)ccc2C2CCc3cc(O)ccc3C2)cc1. The number of anilines is 1. The first-order valence-corrected chi connectivity index (χ1v) is 14.3. The van der Waals surface area contributed by atoms with E-state index in [0.29, 0.717) is 18.3 Å². The molecule has 0 aromatic heterocycles. The van der Waals surface area contributed by atoms with E-state index in [4.69, 9.17) is 14.2 Å². The molecule has 6 heteroatoms. The fraction of sp³-hybridized carbons (Fsp3) is 0.455. The van der Waals surface area contributed by atoms with Crippen LogP contribution in [0, 0.1) is 0 Å². The highest BCUT2D eigenvalue weighted by atomic mass is 16.5. The molecule has 0 bridgehead atoms. The van der Waals surface area contributed by atoms with Gasteiger partial charge < -0.3 is 30.0 Å². The monoisotopic (exact) mass is 532 g/mol. The van der Waals surface area contributed by atoms with E-state index in [1.807, 2.05) is 13.0 Å². The Labute approximate surface area is 233 Å². The third-order valence-corrected chi connectivity index (χ3v) is 7.38. The molecule has 39 heavy (non-hydrogen) atoms. The number of nitrogens with one attached hydrogen (secondary N) is 2. The zero-order chi connectivity index (χ0) is 27.5. The highest BCUT2D eigenvalue weighted by molar-refractivity contribution is 5.58. The molecule has 6 nitrogen and oxygen atoms in total. The number of ether oxygens (including phenoxy) is 3. The second-order valence-electron chi connectivity index (χ2n) is 10.4. The lowest BCUT2D eigenvalue weighted by molar-refractivity contribution is 0.144. The number of phenolic OH excluding ortho intramolecular Hbond substituents is 1. The number of hydrogen-bond donors (Lipinski definition) is 3. The van der Waals surface area contributed by atoms with E-state index in [9.17, 15) is 5.11 Å². The normalized spacial score (nSPS) is 15.4. The molecule has 0 spiro atoms. The van der Waals surface area contributed by atoms with Crippen molar-refractivity contribution < 1.29 is 19.3 Å². The van der Waals surface area contributed by atoms with Crippen molar-refractivity contribution in [2.45, 2.75) is 57.9 Å². The van der Waals surface area contributed by atoms with Crippen LogP contribution in [-0.2, 0) is 24.0 Å². The minimum atomic E-state index is 0.247. The molecule has 2 unspecified atom stereocenters. The summed E-state index contributed by atoms with van der Waals surface area (Å²) in [5.74, 6) is 2.54. The number of phenols is 1. The smallest absolute Gasteiger partial charge is 0.120 e. The van der Waals surface area contributed by atoms with Gasteiger partial charge in [-0.2, -0.15) is 0 Å². The maximum atomic E-state index is 9.86. The van der Waals surface area contributed by atoms with Crippen LogP contribution < -0.4 is 20.1 Å². The topological polar surface area (TPSA) is 72.0 Å². The van der Waals surface area contributed by atoms with Gasteiger partial charge in [-0.3, -0.25) is 0 Å². The predicted octanol–water partition coefficient (Wildman–Crippen LogP) is 6.11. The van der Waals surface area contributed by atoms with Crippen molar-refractivity contribution in [3.63, 3.8) is 0 Å². The molecule has 3 aromatic carbocycles. The fourth-order valence-electron chi connectivity index (χ4n) is 5.35. The summed E-state index contributed by atoms with van der Waals surface area (Å²) in [6.45, 7) is 8.25. The van der Waals surface area contributed by atoms with Crippen LogP contribution in [0.15, 0.2) is 60.7 Å². The van der Waals surface area contributed by atoms with E-state index in [2.05, 4.69) is 66.1 Å². The molecule has 3 aromatic rings. The molecular formula is C33H44N2O4. The number of fused-ring (bicyclic) bond motifs is 1. The number of aryl methyl sites for hydroxylation is 1. The molecule has 1 aliphatic rings. The number of methoxy groups -OCH3 is 1. The minimum absolute atomic E-state index is 0.247. The Balaban J connectivity index is 1.30. The Morgan fingerprint density at radius 2 is 1.77 bits per heavy atom. The lowest BCUT2D eigenvalue weighted by Crippen LogP contribution is -2.23. The van der Waals surface area contributed by atoms with Crippen LogP contribution in [0.2, 0.25) is 0 Å². The first-order valence-electron chi connectivity index (χ1n) is 14.3. The van der Waals surface area contributed by atoms with E-state index in [0.717, 1.165) is 75.6 Å². The molecule has 210 valence electrons. The van der Waals surface area contributed by atoms with Gasteiger partial charge in [0.2, 0.25) is 0 Å². The van der Waals surface area contributed by atoms with Crippen molar-refractivity contribution in [3.8, 4) is 17.2 Å². The molecule has 0 fully saturated rings. The third-order valence-electron chi connectivity index (χ3n) is 7.38. The summed E-state index contributed by atoms with van der Waals surface area (Å²) in [7, 11) is 1.72. The van der Waals surface area contributed by atoms with Crippen molar-refractivity contribution >= 4 is 5.69 Å². The highest BCUT2D eigenvalue weighted by Crippen LogP contribution is 2.38. The summed E-state index contributed by atoms with van der Waals surface area (Å²) < 4.78 is 16.8. The van der Waals surface area contributed by atoms with Crippen molar-refractivity contribution in [2.75, 3.05) is 45.3 Å². The quantitative estimate of drug-likeness (QED) is 0.205. The van der Waals surface area contributed by atoms with Gasteiger partial charge in [0, 0.05) is 37.6 Å². The molecule has 0 aliphatic heterocycles. The van der Waals surface area contributed by atoms with Crippen LogP contribution in [0.25, 0.3) is 0 Å². The molecular weight excluding hydrogens is 488 g/mol. The Morgan fingerprint density at radius 3 is 2.56 bits per heavy atom. The van der Waals surface area contributed by atoms with Gasteiger partial charge >= 0.3 is 0 Å². The van der Waals surface area contributed by atoms with E-state index in [-0.39, 0.29) is 6.04 Å². The Bertz CT molecular complexity index is 1160. The van der Waals surface area contributed by atoms with Crippen LogP contribution in [-0.4, -0.2) is 51.2 Å². The lowest BCUT2D eigenvalue weighted by Gasteiger charge is -2.28. The summed E-state index contributed by atoms with van der Waals surface area (Å²) >= 11 is 0. The Hall–Kier alpha value is -3.22. The zero-order valence-corrected chi connectivity index (χ0v) is 23.7. The Morgan fingerprint density at radius 1 is 0.949 bits per heavy atom. The molecule has 2 atom stereocenters. The fourth-order valence-corrected chi connectivity index (χ4v) is 5.35. The van der Waals surface area contributed by atoms with Crippen molar-refractivity contribution in [1.29, 1.82) is 0 Å². The molecule has 3 N–H and O–H groups in total. The van der Waals surface area contributed by atoms with E-state index in [1.165, 1.54) is 22.3 Å². The predicted molar refractivity (Wildman–Crippen MR) is 159 cm³/mol. The number of benzene rings is 3.